The summed E-state index contributed by atoms with van der Waals surface area (Å²) in [4.78, 5) is 12.6. The first-order chi connectivity index (χ1) is 14.8. The average Bonchev–Trinajstić information content (AvgIpc) is 3.43. The van der Waals surface area contributed by atoms with Crippen LogP contribution < -0.4 is 11.1 Å². The van der Waals surface area contributed by atoms with Gasteiger partial charge in [0.25, 0.3) is 5.91 Å². The minimum absolute atomic E-state index is 0.0225. The van der Waals surface area contributed by atoms with Crippen molar-refractivity contribution in [3.8, 4) is 0 Å². The fourth-order valence-corrected chi connectivity index (χ4v) is 5.76. The lowest BCUT2D eigenvalue weighted by Crippen LogP contribution is -2.33. The Labute approximate surface area is 189 Å². The Morgan fingerprint density at radius 3 is 2.55 bits per heavy atom. The third-order valence-electron chi connectivity index (χ3n) is 7.80. The molecule has 0 heterocycles. The number of hydrogen-bond acceptors (Lipinski definition) is 2. The van der Waals surface area contributed by atoms with Gasteiger partial charge in [0.15, 0.2) is 0 Å². The van der Waals surface area contributed by atoms with E-state index in [1.807, 2.05) is 0 Å². The summed E-state index contributed by atoms with van der Waals surface area (Å²) in [5.74, 6) is 0.988. The predicted octanol–water partition coefficient (Wildman–Crippen LogP) is 6.57. The van der Waals surface area contributed by atoms with E-state index in [1.165, 1.54) is 6.07 Å². The summed E-state index contributed by atoms with van der Waals surface area (Å²) in [5, 5.41) is 3.86. The van der Waals surface area contributed by atoms with Crippen LogP contribution in [0.5, 0.6) is 0 Å². The van der Waals surface area contributed by atoms with Crippen LogP contribution in [-0.4, -0.2) is 11.9 Å². The maximum Gasteiger partial charge on any atom is 0.251 e. The standard InChI is InChI=1S/C26H32ClFN2O/c1-3-16(2)24(21-14-20(28)8-9-22(21)29)17-10-12-26(13-11-17)15-23(26)30-25(31)18-4-6-19(27)7-5-18/h4-9,14,16-17,23-24H,3,10-13,15,29H2,1-2H3,(H,30,31)/t16?,17?,23?,24-,26?/m0/s1. The van der Waals surface area contributed by atoms with Crippen molar-refractivity contribution < 1.29 is 9.18 Å². The van der Waals surface area contributed by atoms with E-state index in [-0.39, 0.29) is 29.1 Å². The minimum Gasteiger partial charge on any atom is -0.398 e. The van der Waals surface area contributed by atoms with Gasteiger partial charge in [-0.2, -0.15) is 0 Å². The molecule has 3 nitrogen and oxygen atoms in total. The monoisotopic (exact) mass is 442 g/mol. The van der Waals surface area contributed by atoms with Crippen molar-refractivity contribution in [3.05, 3.63) is 64.4 Å². The average molecular weight is 443 g/mol. The minimum atomic E-state index is -0.211. The third-order valence-corrected chi connectivity index (χ3v) is 8.05. The maximum absolute atomic E-state index is 14.0. The first-order valence-electron chi connectivity index (χ1n) is 11.4. The van der Waals surface area contributed by atoms with Gasteiger partial charge in [0.05, 0.1) is 0 Å². The van der Waals surface area contributed by atoms with Crippen molar-refractivity contribution in [2.24, 2.45) is 17.3 Å². The molecule has 1 spiro atoms. The number of halogens is 2. The Bertz CT molecular complexity index is 937. The maximum atomic E-state index is 14.0. The molecular formula is C26H32ClFN2O. The zero-order chi connectivity index (χ0) is 22.2. The smallest absolute Gasteiger partial charge is 0.251 e. The Balaban J connectivity index is 1.41. The normalized spacial score (nSPS) is 27.0. The van der Waals surface area contributed by atoms with Gasteiger partial charge in [0.2, 0.25) is 0 Å². The summed E-state index contributed by atoms with van der Waals surface area (Å²) >= 11 is 5.93. The molecule has 2 unspecified atom stereocenters. The number of nitrogens with one attached hydrogen (secondary N) is 1. The molecule has 31 heavy (non-hydrogen) atoms. The van der Waals surface area contributed by atoms with Crippen LogP contribution in [0, 0.1) is 23.1 Å². The Morgan fingerprint density at radius 1 is 1.23 bits per heavy atom. The first kappa shape index (κ1) is 22.1. The molecule has 2 fully saturated rings. The van der Waals surface area contributed by atoms with Crippen LogP contribution in [0.2, 0.25) is 5.02 Å². The molecule has 3 N–H and O–H groups in total. The third kappa shape index (κ3) is 4.59. The molecule has 0 aliphatic heterocycles. The van der Waals surface area contributed by atoms with Gasteiger partial charge in [-0.1, -0.05) is 31.9 Å². The second-order valence-corrected chi connectivity index (χ2v) is 10.1. The van der Waals surface area contributed by atoms with Crippen molar-refractivity contribution >= 4 is 23.2 Å². The molecule has 2 aliphatic carbocycles. The number of amides is 1. The summed E-state index contributed by atoms with van der Waals surface area (Å²) in [6.07, 6.45) is 6.49. The van der Waals surface area contributed by atoms with Gasteiger partial charge >= 0.3 is 0 Å². The summed E-state index contributed by atoms with van der Waals surface area (Å²) < 4.78 is 14.0. The van der Waals surface area contributed by atoms with E-state index in [4.69, 9.17) is 17.3 Å². The topological polar surface area (TPSA) is 55.1 Å². The number of nitrogen functional groups attached to an aromatic ring is 1. The largest absolute Gasteiger partial charge is 0.398 e. The molecule has 166 valence electrons. The fourth-order valence-electron chi connectivity index (χ4n) is 5.63. The molecule has 1 amide bonds. The van der Waals surface area contributed by atoms with E-state index in [0.29, 0.717) is 28.1 Å². The van der Waals surface area contributed by atoms with Crippen molar-refractivity contribution in [3.63, 3.8) is 0 Å². The van der Waals surface area contributed by atoms with Crippen LogP contribution in [0.3, 0.4) is 0 Å². The Morgan fingerprint density at radius 2 is 1.90 bits per heavy atom. The summed E-state index contributed by atoms with van der Waals surface area (Å²) in [5.41, 5.74) is 8.83. The van der Waals surface area contributed by atoms with Crippen LogP contribution in [-0.2, 0) is 0 Å². The predicted molar refractivity (Wildman–Crippen MR) is 125 cm³/mol. The van der Waals surface area contributed by atoms with Crippen molar-refractivity contribution in [1.82, 2.24) is 5.32 Å². The van der Waals surface area contributed by atoms with Gasteiger partial charge in [-0.05, 0) is 103 Å². The molecule has 0 bridgehead atoms. The molecule has 4 rings (SSSR count). The van der Waals surface area contributed by atoms with Gasteiger partial charge in [0.1, 0.15) is 5.82 Å². The molecule has 3 atom stereocenters. The van der Waals surface area contributed by atoms with E-state index in [1.54, 1.807) is 36.4 Å². The fraction of sp³-hybridized carbons (Fsp3) is 0.500. The van der Waals surface area contributed by atoms with Crippen LogP contribution in [0.1, 0.15) is 74.2 Å². The number of rotatable bonds is 6. The van der Waals surface area contributed by atoms with E-state index in [9.17, 15) is 9.18 Å². The molecule has 0 radical (unpaired) electrons. The number of carbonyl (C=O) groups excluding carboxylic acids is 1. The number of carbonyl (C=O) groups is 1. The number of benzene rings is 2. The van der Waals surface area contributed by atoms with E-state index in [0.717, 1.165) is 44.1 Å². The zero-order valence-corrected chi connectivity index (χ0v) is 19.1. The molecule has 2 aromatic rings. The SMILES string of the molecule is CCC(C)[C@H](c1cc(F)ccc1N)C1CCC2(CC1)CC2NC(=O)c1ccc(Cl)cc1. The number of hydrogen-bond donors (Lipinski definition) is 2. The quantitative estimate of drug-likeness (QED) is 0.497. The lowest BCUT2D eigenvalue weighted by molar-refractivity contribution is 0.0938. The van der Waals surface area contributed by atoms with E-state index >= 15 is 0 Å². The van der Waals surface area contributed by atoms with Crippen molar-refractivity contribution in [1.29, 1.82) is 0 Å². The van der Waals surface area contributed by atoms with E-state index < -0.39 is 0 Å². The van der Waals surface area contributed by atoms with Gasteiger partial charge < -0.3 is 11.1 Å². The highest BCUT2D eigenvalue weighted by Crippen LogP contribution is 2.59. The number of anilines is 1. The second kappa shape index (κ2) is 8.82. The first-order valence-corrected chi connectivity index (χ1v) is 11.8. The summed E-state index contributed by atoms with van der Waals surface area (Å²) in [6.45, 7) is 4.45. The lowest BCUT2D eigenvalue weighted by atomic mass is 9.67. The van der Waals surface area contributed by atoms with Crippen molar-refractivity contribution in [2.75, 3.05) is 5.73 Å². The molecule has 2 aromatic carbocycles. The second-order valence-electron chi connectivity index (χ2n) is 9.62. The van der Waals surface area contributed by atoms with Crippen molar-refractivity contribution in [2.45, 2.75) is 64.3 Å². The molecule has 0 aromatic heterocycles. The summed E-state index contributed by atoms with van der Waals surface area (Å²) in [7, 11) is 0. The van der Waals surface area contributed by atoms with Crippen LogP contribution >= 0.6 is 11.6 Å². The molecule has 5 heteroatoms. The Hall–Kier alpha value is -2.07. The van der Waals surface area contributed by atoms with E-state index in [2.05, 4.69) is 19.2 Å². The molecule has 0 saturated heterocycles. The molecule has 2 saturated carbocycles. The molecule has 2 aliphatic rings. The van der Waals surface area contributed by atoms with Gasteiger partial charge in [-0.25, -0.2) is 4.39 Å². The Kier molecular flexibility index (Phi) is 6.30. The number of nitrogens with two attached hydrogens (primary N) is 1. The van der Waals surface area contributed by atoms with Crippen LogP contribution in [0.4, 0.5) is 10.1 Å². The van der Waals surface area contributed by atoms with Crippen LogP contribution in [0.15, 0.2) is 42.5 Å². The van der Waals surface area contributed by atoms with Gasteiger partial charge in [-0.3, -0.25) is 4.79 Å². The van der Waals surface area contributed by atoms with Gasteiger partial charge in [-0.15, -0.1) is 0 Å². The van der Waals surface area contributed by atoms with Crippen LogP contribution in [0.25, 0.3) is 0 Å². The summed E-state index contributed by atoms with van der Waals surface area (Å²) in [6, 6.07) is 12.1. The highest BCUT2D eigenvalue weighted by Gasteiger charge is 2.56. The van der Waals surface area contributed by atoms with Gasteiger partial charge in [0, 0.05) is 22.3 Å². The highest BCUT2D eigenvalue weighted by atomic mass is 35.5. The molecular weight excluding hydrogens is 411 g/mol. The zero-order valence-electron chi connectivity index (χ0n) is 18.3. The lowest BCUT2D eigenvalue weighted by Gasteiger charge is -2.38. The highest BCUT2D eigenvalue weighted by molar-refractivity contribution is 6.30.